The topological polar surface area (TPSA) is 18.5 Å². The molecule has 1 heterocycles. The van der Waals surface area contributed by atoms with Gasteiger partial charge in [0.05, 0.1) is 17.8 Å². The Kier molecular flexibility index (Phi) is 4.30. The second-order valence-corrected chi connectivity index (χ2v) is 5.69. The molecule has 0 N–H and O–H groups in total. The first-order chi connectivity index (χ1) is 7.30. The minimum atomic E-state index is 0.0600. The van der Waals surface area contributed by atoms with Crippen molar-refractivity contribution in [1.82, 2.24) is 0 Å². The number of hydrogen-bond acceptors (Lipinski definition) is 2. The van der Waals surface area contributed by atoms with E-state index in [0.717, 1.165) is 4.43 Å². The first-order valence-electron chi connectivity index (χ1n) is 6.07. The smallest absolute Gasteiger partial charge is 0.0939 e. The Hall–Kier alpha value is 0.650. The first kappa shape index (κ1) is 12.1. The largest absolute Gasteiger partial charge is 0.376 e. The summed E-state index contributed by atoms with van der Waals surface area (Å²) >= 11 is 2.43. The highest BCUT2D eigenvalue weighted by atomic mass is 127. The summed E-state index contributed by atoms with van der Waals surface area (Å²) in [5.74, 6) is 0. The van der Waals surface area contributed by atoms with Gasteiger partial charge in [-0.15, -0.1) is 0 Å². The average molecular weight is 324 g/mol. The molecular formula is C12H21IO2. The molecule has 0 aromatic carbocycles. The molecule has 1 aliphatic heterocycles. The lowest BCUT2D eigenvalue weighted by Crippen LogP contribution is -2.47. The zero-order chi connectivity index (χ0) is 10.7. The summed E-state index contributed by atoms with van der Waals surface area (Å²) in [5, 5.41) is 0. The molecule has 1 saturated carbocycles. The van der Waals surface area contributed by atoms with Crippen LogP contribution in [-0.2, 0) is 9.47 Å². The van der Waals surface area contributed by atoms with Crippen LogP contribution in [0.4, 0.5) is 0 Å². The van der Waals surface area contributed by atoms with Crippen LogP contribution in [0.15, 0.2) is 0 Å². The van der Waals surface area contributed by atoms with Crippen LogP contribution in [0.25, 0.3) is 0 Å². The molecule has 0 amide bonds. The zero-order valence-corrected chi connectivity index (χ0v) is 11.7. The molecule has 2 nitrogen and oxygen atoms in total. The van der Waals surface area contributed by atoms with Crippen LogP contribution < -0.4 is 0 Å². The Morgan fingerprint density at radius 3 is 2.60 bits per heavy atom. The average Bonchev–Trinajstić information content (AvgIpc) is 2.79. The Balaban J connectivity index is 2.01. The zero-order valence-electron chi connectivity index (χ0n) is 9.51. The first-order valence-corrected chi connectivity index (χ1v) is 7.60. The molecule has 3 heteroatoms. The van der Waals surface area contributed by atoms with E-state index in [-0.39, 0.29) is 5.60 Å². The van der Waals surface area contributed by atoms with E-state index in [0.29, 0.717) is 12.2 Å². The summed E-state index contributed by atoms with van der Waals surface area (Å²) < 4.78 is 13.1. The molecule has 0 aromatic heterocycles. The van der Waals surface area contributed by atoms with Gasteiger partial charge < -0.3 is 9.47 Å². The van der Waals surface area contributed by atoms with E-state index in [2.05, 4.69) is 22.6 Å². The molecule has 1 saturated heterocycles. The van der Waals surface area contributed by atoms with Crippen LogP contribution in [0.2, 0.25) is 0 Å². The van der Waals surface area contributed by atoms with E-state index in [9.17, 15) is 0 Å². The molecule has 2 fully saturated rings. The molecule has 0 bridgehead atoms. The van der Waals surface area contributed by atoms with Crippen LogP contribution in [0.3, 0.4) is 0 Å². The molecule has 88 valence electrons. The molecule has 15 heavy (non-hydrogen) atoms. The number of alkyl halides is 1. The molecule has 2 rings (SSSR count). The maximum Gasteiger partial charge on any atom is 0.0939 e. The second kappa shape index (κ2) is 5.32. The van der Waals surface area contributed by atoms with Gasteiger partial charge in [0.25, 0.3) is 0 Å². The molecule has 0 radical (unpaired) electrons. The molecule has 1 aliphatic carbocycles. The summed E-state index contributed by atoms with van der Waals surface area (Å²) in [7, 11) is 1.86. The second-order valence-electron chi connectivity index (χ2n) is 4.81. The molecule has 2 atom stereocenters. The summed E-state index contributed by atoms with van der Waals surface area (Å²) in [4.78, 5) is 0. The van der Waals surface area contributed by atoms with Crippen molar-refractivity contribution < 1.29 is 9.47 Å². The van der Waals surface area contributed by atoms with Crippen LogP contribution in [0, 0.1) is 0 Å². The third-order valence-corrected chi connectivity index (χ3v) is 4.95. The number of ether oxygens (including phenoxy) is 2. The van der Waals surface area contributed by atoms with Crippen molar-refractivity contribution in [3.8, 4) is 0 Å². The quantitative estimate of drug-likeness (QED) is 0.586. The molecule has 2 aliphatic rings. The van der Waals surface area contributed by atoms with Gasteiger partial charge in [-0.2, -0.15) is 0 Å². The van der Waals surface area contributed by atoms with Crippen molar-refractivity contribution in [3.05, 3.63) is 0 Å². The van der Waals surface area contributed by atoms with E-state index in [1.54, 1.807) is 0 Å². The number of halogens is 1. The molecular weight excluding hydrogens is 303 g/mol. The van der Waals surface area contributed by atoms with Crippen molar-refractivity contribution in [3.63, 3.8) is 0 Å². The lowest BCUT2D eigenvalue weighted by atomic mass is 9.88. The third kappa shape index (κ3) is 2.50. The van der Waals surface area contributed by atoms with Gasteiger partial charge in [0.15, 0.2) is 0 Å². The Morgan fingerprint density at radius 1 is 1.27 bits per heavy atom. The van der Waals surface area contributed by atoms with Crippen molar-refractivity contribution in [2.45, 2.75) is 62.8 Å². The highest BCUT2D eigenvalue weighted by Crippen LogP contribution is 2.41. The lowest BCUT2D eigenvalue weighted by molar-refractivity contribution is -0.161. The van der Waals surface area contributed by atoms with Gasteiger partial charge in [-0.3, -0.25) is 0 Å². The van der Waals surface area contributed by atoms with E-state index in [1.165, 1.54) is 44.9 Å². The van der Waals surface area contributed by atoms with Gasteiger partial charge in [0.1, 0.15) is 0 Å². The van der Waals surface area contributed by atoms with Crippen LogP contribution >= 0.6 is 22.6 Å². The maximum absolute atomic E-state index is 6.18. The van der Waals surface area contributed by atoms with Gasteiger partial charge in [0, 0.05) is 11.5 Å². The minimum absolute atomic E-state index is 0.0600. The lowest BCUT2D eigenvalue weighted by Gasteiger charge is -2.41. The highest BCUT2D eigenvalue weighted by molar-refractivity contribution is 14.1. The fraction of sp³-hybridized carbons (Fsp3) is 1.00. The fourth-order valence-electron chi connectivity index (χ4n) is 3.03. The van der Waals surface area contributed by atoms with Gasteiger partial charge in [-0.05, 0) is 32.1 Å². The normalized spacial score (nSPS) is 35.6. The fourth-order valence-corrected chi connectivity index (χ4v) is 3.68. The third-order valence-electron chi connectivity index (χ3n) is 3.96. The van der Waals surface area contributed by atoms with Gasteiger partial charge in [-0.25, -0.2) is 0 Å². The van der Waals surface area contributed by atoms with Crippen molar-refractivity contribution in [2.24, 2.45) is 0 Å². The van der Waals surface area contributed by atoms with E-state index in [4.69, 9.17) is 9.47 Å². The molecule has 0 spiro atoms. The Bertz CT molecular complexity index is 202. The predicted molar refractivity (Wildman–Crippen MR) is 69.6 cm³/mol. The van der Waals surface area contributed by atoms with Crippen molar-refractivity contribution in [2.75, 3.05) is 11.5 Å². The highest BCUT2D eigenvalue weighted by Gasteiger charge is 2.44. The van der Waals surface area contributed by atoms with Crippen molar-refractivity contribution in [1.29, 1.82) is 0 Å². The predicted octanol–water partition coefficient (Wildman–Crippen LogP) is 3.32. The monoisotopic (exact) mass is 324 g/mol. The van der Waals surface area contributed by atoms with Gasteiger partial charge in [0.2, 0.25) is 0 Å². The van der Waals surface area contributed by atoms with Crippen LogP contribution in [0.1, 0.15) is 44.9 Å². The van der Waals surface area contributed by atoms with Crippen molar-refractivity contribution >= 4 is 22.6 Å². The minimum Gasteiger partial charge on any atom is -0.376 e. The maximum atomic E-state index is 6.18. The van der Waals surface area contributed by atoms with Crippen LogP contribution in [-0.4, -0.2) is 29.3 Å². The number of methoxy groups -OCH3 is 1. The molecule has 2 unspecified atom stereocenters. The van der Waals surface area contributed by atoms with E-state index >= 15 is 0 Å². The number of rotatable bonds is 3. The summed E-state index contributed by atoms with van der Waals surface area (Å²) in [6.45, 7) is 0. The van der Waals surface area contributed by atoms with E-state index in [1.807, 2.05) is 7.11 Å². The number of hydrogen-bond donors (Lipinski definition) is 0. The molecule has 0 aromatic rings. The summed E-state index contributed by atoms with van der Waals surface area (Å²) in [5.41, 5.74) is 0.0600. The summed E-state index contributed by atoms with van der Waals surface area (Å²) in [6, 6.07) is 0. The Labute approximate surface area is 106 Å². The Morgan fingerprint density at radius 2 is 2.00 bits per heavy atom. The van der Waals surface area contributed by atoms with E-state index < -0.39 is 0 Å². The standard InChI is InChI=1S/C12H21IO2/c1-14-12(7-2-3-8-12)11-6-4-5-10(9-13)15-11/h10-11H,2-9H2,1H3. The van der Waals surface area contributed by atoms with Gasteiger partial charge in [-0.1, -0.05) is 35.4 Å². The van der Waals surface area contributed by atoms with Gasteiger partial charge >= 0.3 is 0 Å². The summed E-state index contributed by atoms with van der Waals surface area (Å²) in [6.07, 6.45) is 9.58. The SMILES string of the molecule is COC1(C2CCCC(CI)O2)CCCC1. The van der Waals surface area contributed by atoms with Crippen LogP contribution in [0.5, 0.6) is 0 Å².